The molecule has 6 nitrogen and oxygen atoms in total. The number of fused-ring (bicyclic) bond motifs is 1. The van der Waals surface area contributed by atoms with Crippen molar-refractivity contribution in [2.24, 2.45) is 0 Å². The van der Waals surface area contributed by atoms with Gasteiger partial charge in [0.15, 0.2) is 5.69 Å². The third kappa shape index (κ3) is 3.81. The number of furan rings is 1. The largest absolute Gasteiger partial charge is 0.465 e. The van der Waals surface area contributed by atoms with Gasteiger partial charge in [0, 0.05) is 36.9 Å². The maximum atomic E-state index is 13.1. The van der Waals surface area contributed by atoms with Crippen molar-refractivity contribution in [2.45, 2.75) is 71.5 Å². The molecule has 1 unspecified atom stereocenters. The Hall–Kier alpha value is -2.08. The molecule has 1 aliphatic heterocycles. The van der Waals surface area contributed by atoms with Gasteiger partial charge < -0.3 is 14.6 Å². The number of carbonyl (C=O) groups is 1. The third-order valence-electron chi connectivity index (χ3n) is 5.85. The second-order valence-corrected chi connectivity index (χ2v) is 7.78. The zero-order valence-corrected chi connectivity index (χ0v) is 16.5. The molecule has 3 heterocycles. The van der Waals surface area contributed by atoms with E-state index in [9.17, 15) is 4.79 Å². The molecule has 1 fully saturated rings. The van der Waals surface area contributed by atoms with E-state index >= 15 is 0 Å². The standard InChI is InChI=1S/C21H30N4O2/c1-3-25-19-10-8-16(22-14-17-9-7-15(2)27-17)13-18(19)20(23-25)21(26)24-11-5-4-6-12-24/h7,9,16,22H,3-6,8,10-14H2,1-2H3. The number of likely N-dealkylation sites (tertiary alicyclic amines) is 1. The fourth-order valence-electron chi connectivity index (χ4n) is 4.37. The number of nitrogens with one attached hydrogen (secondary N) is 1. The van der Waals surface area contributed by atoms with Crippen LogP contribution in [0.15, 0.2) is 16.5 Å². The number of amides is 1. The van der Waals surface area contributed by atoms with Crippen molar-refractivity contribution in [3.63, 3.8) is 0 Å². The molecule has 0 aromatic carbocycles. The normalized spacial score (nSPS) is 19.9. The van der Waals surface area contributed by atoms with E-state index in [0.29, 0.717) is 11.7 Å². The Labute approximate surface area is 160 Å². The van der Waals surface area contributed by atoms with Crippen LogP contribution in [-0.4, -0.2) is 39.7 Å². The highest BCUT2D eigenvalue weighted by Crippen LogP contribution is 2.27. The Morgan fingerprint density at radius 1 is 1.30 bits per heavy atom. The number of piperidine rings is 1. The quantitative estimate of drug-likeness (QED) is 0.879. The van der Waals surface area contributed by atoms with Crippen LogP contribution in [0, 0.1) is 6.92 Å². The average Bonchev–Trinajstić information content (AvgIpc) is 3.29. The fourth-order valence-corrected chi connectivity index (χ4v) is 4.37. The van der Waals surface area contributed by atoms with Crippen LogP contribution < -0.4 is 5.32 Å². The van der Waals surface area contributed by atoms with Gasteiger partial charge in [0.1, 0.15) is 11.5 Å². The summed E-state index contributed by atoms with van der Waals surface area (Å²) in [7, 11) is 0. The summed E-state index contributed by atoms with van der Waals surface area (Å²) in [5, 5.41) is 8.33. The summed E-state index contributed by atoms with van der Waals surface area (Å²) in [6, 6.07) is 4.37. The van der Waals surface area contributed by atoms with Crippen molar-refractivity contribution in [1.82, 2.24) is 20.0 Å². The second kappa shape index (κ2) is 7.89. The van der Waals surface area contributed by atoms with Gasteiger partial charge in [-0.3, -0.25) is 9.48 Å². The highest BCUT2D eigenvalue weighted by molar-refractivity contribution is 5.94. The second-order valence-electron chi connectivity index (χ2n) is 7.78. The Morgan fingerprint density at radius 3 is 2.81 bits per heavy atom. The van der Waals surface area contributed by atoms with Crippen LogP contribution in [0.4, 0.5) is 0 Å². The first-order chi connectivity index (χ1) is 13.2. The molecule has 1 aliphatic carbocycles. The van der Waals surface area contributed by atoms with Gasteiger partial charge in [-0.2, -0.15) is 5.10 Å². The monoisotopic (exact) mass is 370 g/mol. The highest BCUT2D eigenvalue weighted by atomic mass is 16.3. The molecule has 2 aromatic rings. The molecule has 27 heavy (non-hydrogen) atoms. The molecule has 6 heteroatoms. The zero-order valence-electron chi connectivity index (χ0n) is 16.5. The molecule has 0 radical (unpaired) electrons. The number of nitrogens with zero attached hydrogens (tertiary/aromatic N) is 3. The Bertz CT molecular complexity index is 801. The number of aromatic nitrogens is 2. The summed E-state index contributed by atoms with van der Waals surface area (Å²) < 4.78 is 7.71. The van der Waals surface area contributed by atoms with Gasteiger partial charge >= 0.3 is 0 Å². The minimum Gasteiger partial charge on any atom is -0.465 e. The first-order valence-corrected chi connectivity index (χ1v) is 10.3. The van der Waals surface area contributed by atoms with E-state index in [1.54, 1.807) is 0 Å². The van der Waals surface area contributed by atoms with E-state index < -0.39 is 0 Å². The molecular weight excluding hydrogens is 340 g/mol. The SMILES string of the molecule is CCn1nc(C(=O)N2CCCCC2)c2c1CCC(NCc1ccc(C)o1)C2. The van der Waals surface area contributed by atoms with Gasteiger partial charge in [0.25, 0.3) is 5.91 Å². The maximum Gasteiger partial charge on any atom is 0.274 e. The van der Waals surface area contributed by atoms with E-state index in [0.717, 1.165) is 75.4 Å². The van der Waals surface area contributed by atoms with E-state index in [1.165, 1.54) is 12.1 Å². The van der Waals surface area contributed by atoms with Gasteiger partial charge in [0.2, 0.25) is 0 Å². The van der Waals surface area contributed by atoms with Crippen molar-refractivity contribution in [1.29, 1.82) is 0 Å². The minimum absolute atomic E-state index is 0.125. The van der Waals surface area contributed by atoms with Crippen LogP contribution in [-0.2, 0) is 25.9 Å². The molecule has 1 atom stereocenters. The number of hydrogen-bond donors (Lipinski definition) is 1. The number of aryl methyl sites for hydroxylation is 2. The van der Waals surface area contributed by atoms with Crippen molar-refractivity contribution >= 4 is 5.91 Å². The lowest BCUT2D eigenvalue weighted by Crippen LogP contribution is -2.38. The predicted octanol–water partition coefficient (Wildman–Crippen LogP) is 3.08. The molecule has 1 saturated heterocycles. The lowest BCUT2D eigenvalue weighted by Gasteiger charge is -2.27. The molecule has 4 rings (SSSR count). The van der Waals surface area contributed by atoms with Gasteiger partial charge in [-0.15, -0.1) is 0 Å². The maximum absolute atomic E-state index is 13.1. The molecule has 1 amide bonds. The van der Waals surface area contributed by atoms with Crippen LogP contribution in [0.5, 0.6) is 0 Å². The number of hydrogen-bond acceptors (Lipinski definition) is 4. The molecule has 1 N–H and O–H groups in total. The van der Waals surface area contributed by atoms with Crippen LogP contribution in [0.3, 0.4) is 0 Å². The first kappa shape index (κ1) is 18.3. The van der Waals surface area contributed by atoms with Crippen LogP contribution in [0.1, 0.15) is 65.9 Å². The summed E-state index contributed by atoms with van der Waals surface area (Å²) in [4.78, 5) is 15.1. The number of rotatable bonds is 5. The van der Waals surface area contributed by atoms with Crippen LogP contribution >= 0.6 is 0 Å². The predicted molar refractivity (Wildman–Crippen MR) is 104 cm³/mol. The summed E-state index contributed by atoms with van der Waals surface area (Å²) >= 11 is 0. The van der Waals surface area contributed by atoms with E-state index in [1.807, 2.05) is 28.6 Å². The van der Waals surface area contributed by atoms with Gasteiger partial charge in [-0.25, -0.2) is 0 Å². The van der Waals surface area contributed by atoms with Crippen LogP contribution in [0.2, 0.25) is 0 Å². The van der Waals surface area contributed by atoms with Gasteiger partial charge in [0.05, 0.1) is 6.54 Å². The van der Waals surface area contributed by atoms with Crippen molar-refractivity contribution in [3.05, 3.63) is 40.6 Å². The van der Waals surface area contributed by atoms with E-state index in [4.69, 9.17) is 9.52 Å². The summed E-state index contributed by atoms with van der Waals surface area (Å²) in [5.74, 6) is 2.03. The molecule has 2 aromatic heterocycles. The fraction of sp³-hybridized carbons (Fsp3) is 0.619. The average molecular weight is 370 g/mol. The summed E-state index contributed by atoms with van der Waals surface area (Å²) in [5.41, 5.74) is 3.10. The molecule has 2 aliphatic rings. The lowest BCUT2D eigenvalue weighted by atomic mass is 9.91. The molecule has 0 saturated carbocycles. The van der Waals surface area contributed by atoms with Crippen molar-refractivity contribution < 1.29 is 9.21 Å². The van der Waals surface area contributed by atoms with E-state index in [2.05, 4.69) is 12.2 Å². The third-order valence-corrected chi connectivity index (χ3v) is 5.85. The molecule has 0 spiro atoms. The zero-order chi connectivity index (χ0) is 18.8. The summed E-state index contributed by atoms with van der Waals surface area (Å²) in [6.45, 7) is 7.35. The Morgan fingerprint density at radius 2 is 2.11 bits per heavy atom. The van der Waals surface area contributed by atoms with E-state index in [-0.39, 0.29) is 5.91 Å². The Kier molecular flexibility index (Phi) is 5.34. The van der Waals surface area contributed by atoms with Crippen molar-refractivity contribution in [3.8, 4) is 0 Å². The van der Waals surface area contributed by atoms with Crippen molar-refractivity contribution in [2.75, 3.05) is 13.1 Å². The van der Waals surface area contributed by atoms with Crippen LogP contribution in [0.25, 0.3) is 0 Å². The van der Waals surface area contributed by atoms with Gasteiger partial charge in [-0.05, 0) is 64.5 Å². The number of carbonyl (C=O) groups excluding carboxylic acids is 1. The first-order valence-electron chi connectivity index (χ1n) is 10.3. The summed E-state index contributed by atoms with van der Waals surface area (Å²) in [6.07, 6.45) is 6.34. The topological polar surface area (TPSA) is 63.3 Å². The minimum atomic E-state index is 0.125. The smallest absolute Gasteiger partial charge is 0.274 e. The Balaban J connectivity index is 1.50. The molecule has 146 valence electrons. The van der Waals surface area contributed by atoms with Gasteiger partial charge in [-0.1, -0.05) is 0 Å². The lowest BCUT2D eigenvalue weighted by molar-refractivity contribution is 0.0716. The molecule has 0 bridgehead atoms. The highest BCUT2D eigenvalue weighted by Gasteiger charge is 2.31. The molecular formula is C21H30N4O2.